The Bertz CT molecular complexity index is 1030. The molecule has 6 nitrogen and oxygen atoms in total. The Morgan fingerprint density at radius 3 is 2.43 bits per heavy atom. The fraction of sp³-hybridized carbons (Fsp3) is 0.0476. The molecule has 0 spiro atoms. The summed E-state index contributed by atoms with van der Waals surface area (Å²) in [5, 5.41) is 7.02. The van der Waals surface area contributed by atoms with E-state index in [0.29, 0.717) is 27.5 Å². The van der Waals surface area contributed by atoms with E-state index in [1.165, 1.54) is 6.21 Å². The van der Waals surface area contributed by atoms with Crippen molar-refractivity contribution in [1.29, 1.82) is 0 Å². The van der Waals surface area contributed by atoms with Gasteiger partial charge in [0, 0.05) is 16.9 Å². The number of hydrogen-bond acceptors (Lipinski definition) is 4. The van der Waals surface area contributed by atoms with Crippen molar-refractivity contribution in [2.24, 2.45) is 5.10 Å². The van der Waals surface area contributed by atoms with Crippen molar-refractivity contribution in [1.82, 2.24) is 10.4 Å². The topological polar surface area (TPSA) is 83.5 Å². The van der Waals surface area contributed by atoms with Gasteiger partial charge in [0.05, 0.1) is 22.5 Å². The van der Waals surface area contributed by atoms with E-state index in [2.05, 4.69) is 20.8 Å². The predicted octanol–water partition coefficient (Wildman–Crippen LogP) is 4.06. The van der Waals surface area contributed by atoms with Crippen LogP contribution in [0.1, 0.15) is 32.1 Å². The molecule has 1 aromatic heterocycles. The van der Waals surface area contributed by atoms with Gasteiger partial charge < -0.3 is 5.32 Å². The first-order valence-corrected chi connectivity index (χ1v) is 8.84. The maximum Gasteiger partial charge on any atom is 0.271 e. The summed E-state index contributed by atoms with van der Waals surface area (Å²) in [6.07, 6.45) is 1.48. The molecule has 0 aliphatic heterocycles. The van der Waals surface area contributed by atoms with Gasteiger partial charge in [-0.25, -0.2) is 5.43 Å². The van der Waals surface area contributed by atoms with Gasteiger partial charge in [0.1, 0.15) is 0 Å². The lowest BCUT2D eigenvalue weighted by molar-refractivity contribution is 0.0954. The third-order valence-corrected chi connectivity index (χ3v) is 4.13. The highest BCUT2D eigenvalue weighted by atomic mass is 35.5. The second-order valence-electron chi connectivity index (χ2n) is 5.91. The third kappa shape index (κ3) is 5.02. The van der Waals surface area contributed by atoms with Gasteiger partial charge in [0.25, 0.3) is 11.8 Å². The van der Waals surface area contributed by atoms with Crippen LogP contribution >= 0.6 is 11.6 Å². The van der Waals surface area contributed by atoms with Crippen molar-refractivity contribution < 1.29 is 9.59 Å². The molecular weight excluding hydrogens is 376 g/mol. The number of pyridine rings is 1. The first-order chi connectivity index (χ1) is 13.5. The summed E-state index contributed by atoms with van der Waals surface area (Å²) in [7, 11) is 0. The lowest BCUT2D eigenvalue weighted by Gasteiger charge is -2.07. The smallest absolute Gasteiger partial charge is 0.271 e. The van der Waals surface area contributed by atoms with Crippen molar-refractivity contribution in [2.75, 3.05) is 5.32 Å². The number of aryl methyl sites for hydroxylation is 1. The summed E-state index contributed by atoms with van der Waals surface area (Å²) >= 11 is 6.02. The Kier molecular flexibility index (Phi) is 6.14. The van der Waals surface area contributed by atoms with Gasteiger partial charge in [-0.1, -0.05) is 29.8 Å². The maximum atomic E-state index is 12.3. The van der Waals surface area contributed by atoms with E-state index < -0.39 is 0 Å². The number of carbonyl (C=O) groups excluding carboxylic acids is 2. The zero-order valence-corrected chi connectivity index (χ0v) is 15.8. The molecule has 140 valence electrons. The molecule has 0 aliphatic carbocycles. The summed E-state index contributed by atoms with van der Waals surface area (Å²) in [5.41, 5.74) is 5.30. The standard InChI is InChI=1S/C21H17ClN4O2/c1-14-5-4-6-17(24-14)13-23-26-20(27)15-9-11-16(12-10-15)25-21(28)18-7-2-3-8-19(18)22/h2-13H,1H3,(H,25,28)(H,26,27). The number of aromatic nitrogens is 1. The molecule has 3 rings (SSSR count). The van der Waals surface area contributed by atoms with Crippen molar-refractivity contribution >= 4 is 35.3 Å². The molecule has 0 unspecified atom stereocenters. The van der Waals surface area contributed by atoms with Crippen LogP contribution < -0.4 is 10.7 Å². The van der Waals surface area contributed by atoms with E-state index in [9.17, 15) is 9.59 Å². The molecule has 0 saturated carbocycles. The third-order valence-electron chi connectivity index (χ3n) is 3.80. The Labute approximate surface area is 167 Å². The highest BCUT2D eigenvalue weighted by Crippen LogP contribution is 2.17. The van der Waals surface area contributed by atoms with Gasteiger partial charge in [-0.3, -0.25) is 14.6 Å². The molecule has 1 heterocycles. The first-order valence-electron chi connectivity index (χ1n) is 8.46. The molecule has 0 bridgehead atoms. The highest BCUT2D eigenvalue weighted by molar-refractivity contribution is 6.34. The van der Waals surface area contributed by atoms with Crippen LogP contribution in [0.3, 0.4) is 0 Å². The summed E-state index contributed by atoms with van der Waals surface area (Å²) < 4.78 is 0. The van der Waals surface area contributed by atoms with Crippen LogP contribution in [0.25, 0.3) is 0 Å². The largest absolute Gasteiger partial charge is 0.322 e. The quantitative estimate of drug-likeness (QED) is 0.507. The van der Waals surface area contributed by atoms with Crippen molar-refractivity contribution in [3.8, 4) is 0 Å². The molecule has 0 radical (unpaired) electrons. The summed E-state index contributed by atoms with van der Waals surface area (Å²) in [6.45, 7) is 1.88. The minimum Gasteiger partial charge on any atom is -0.322 e. The Balaban J connectivity index is 1.60. The maximum absolute atomic E-state index is 12.3. The number of nitrogens with zero attached hydrogens (tertiary/aromatic N) is 2. The summed E-state index contributed by atoms with van der Waals surface area (Å²) in [6, 6.07) is 18.8. The van der Waals surface area contributed by atoms with Crippen molar-refractivity contribution in [3.63, 3.8) is 0 Å². The molecule has 0 aliphatic rings. The van der Waals surface area contributed by atoms with Crippen LogP contribution in [0.5, 0.6) is 0 Å². The van der Waals surface area contributed by atoms with Crippen LogP contribution in [-0.2, 0) is 0 Å². The minimum absolute atomic E-state index is 0.321. The molecule has 28 heavy (non-hydrogen) atoms. The number of hydrazone groups is 1. The highest BCUT2D eigenvalue weighted by Gasteiger charge is 2.10. The number of halogens is 1. The zero-order valence-electron chi connectivity index (χ0n) is 15.0. The number of rotatable bonds is 5. The zero-order chi connectivity index (χ0) is 19.9. The lowest BCUT2D eigenvalue weighted by Crippen LogP contribution is -2.18. The summed E-state index contributed by atoms with van der Waals surface area (Å²) in [5.74, 6) is -0.689. The van der Waals surface area contributed by atoms with E-state index in [4.69, 9.17) is 11.6 Å². The molecule has 0 atom stereocenters. The molecule has 7 heteroatoms. The Morgan fingerprint density at radius 1 is 0.964 bits per heavy atom. The molecule has 0 saturated heterocycles. The SMILES string of the molecule is Cc1cccc(C=NNC(=O)c2ccc(NC(=O)c3ccccc3Cl)cc2)n1. The predicted molar refractivity (Wildman–Crippen MR) is 110 cm³/mol. The minimum atomic E-state index is -0.368. The van der Waals surface area contributed by atoms with Crippen LogP contribution in [0.15, 0.2) is 71.8 Å². The molecule has 0 fully saturated rings. The first kappa shape index (κ1) is 19.3. The van der Waals surface area contributed by atoms with Crippen LogP contribution in [0.4, 0.5) is 5.69 Å². The average molecular weight is 393 g/mol. The van der Waals surface area contributed by atoms with Gasteiger partial charge in [-0.15, -0.1) is 0 Å². The van der Waals surface area contributed by atoms with Gasteiger partial charge in [-0.2, -0.15) is 5.10 Å². The number of hydrogen-bond donors (Lipinski definition) is 2. The Hall–Kier alpha value is -3.51. The van der Waals surface area contributed by atoms with Crippen LogP contribution in [0, 0.1) is 6.92 Å². The van der Waals surface area contributed by atoms with Gasteiger partial charge in [0.2, 0.25) is 0 Å². The van der Waals surface area contributed by atoms with Gasteiger partial charge >= 0.3 is 0 Å². The van der Waals surface area contributed by atoms with Gasteiger partial charge in [-0.05, 0) is 55.5 Å². The molecule has 2 N–H and O–H groups in total. The number of anilines is 1. The monoisotopic (exact) mass is 392 g/mol. The average Bonchev–Trinajstić information content (AvgIpc) is 2.69. The molecule has 3 aromatic rings. The van der Waals surface area contributed by atoms with Gasteiger partial charge in [0.15, 0.2) is 0 Å². The second kappa shape index (κ2) is 8.92. The fourth-order valence-corrected chi connectivity index (χ4v) is 2.63. The van der Waals surface area contributed by atoms with E-state index in [1.807, 2.05) is 19.1 Å². The van der Waals surface area contributed by atoms with Crippen molar-refractivity contribution in [3.05, 3.63) is 94.3 Å². The summed E-state index contributed by atoms with van der Waals surface area (Å²) in [4.78, 5) is 28.7. The van der Waals surface area contributed by atoms with E-state index in [0.717, 1.165) is 5.69 Å². The number of amides is 2. The lowest BCUT2D eigenvalue weighted by atomic mass is 10.1. The van der Waals surface area contributed by atoms with E-state index in [1.54, 1.807) is 54.6 Å². The number of nitrogens with one attached hydrogen (secondary N) is 2. The number of carbonyl (C=O) groups is 2. The molecule has 2 aromatic carbocycles. The Morgan fingerprint density at radius 2 is 1.71 bits per heavy atom. The second-order valence-corrected chi connectivity index (χ2v) is 6.32. The van der Waals surface area contributed by atoms with Crippen LogP contribution in [-0.4, -0.2) is 23.0 Å². The van der Waals surface area contributed by atoms with Crippen LogP contribution in [0.2, 0.25) is 5.02 Å². The number of benzene rings is 2. The molecular formula is C21H17ClN4O2. The van der Waals surface area contributed by atoms with E-state index in [-0.39, 0.29) is 11.8 Å². The normalized spacial score (nSPS) is 10.6. The molecule has 2 amide bonds. The van der Waals surface area contributed by atoms with E-state index >= 15 is 0 Å². The fourth-order valence-electron chi connectivity index (χ4n) is 2.41. The van der Waals surface area contributed by atoms with Crippen molar-refractivity contribution in [2.45, 2.75) is 6.92 Å².